The molecule has 1 aromatic rings. The Morgan fingerprint density at radius 3 is 2.93 bits per heavy atom. The molecule has 3 nitrogen and oxygen atoms in total. The molecule has 1 aliphatic carbocycles. The van der Waals surface area contributed by atoms with Crippen LogP contribution in [0.1, 0.15) is 36.4 Å². The predicted molar refractivity (Wildman–Crippen MR) is 54.7 cm³/mol. The molecule has 0 aliphatic heterocycles. The highest BCUT2D eigenvalue weighted by molar-refractivity contribution is 6.12. The van der Waals surface area contributed by atoms with E-state index in [-0.39, 0.29) is 17.5 Å². The van der Waals surface area contributed by atoms with Crippen LogP contribution in [-0.4, -0.2) is 11.6 Å². The normalized spacial score (nSPS) is 20.5. The summed E-state index contributed by atoms with van der Waals surface area (Å²) in [5.41, 5.74) is 0.597. The molecule has 1 unspecified atom stereocenters. The lowest BCUT2D eigenvalue weighted by Gasteiger charge is -2.20. The maximum Gasteiger partial charge on any atom is 0.176 e. The second kappa shape index (κ2) is 3.65. The fraction of sp³-hybridized carbons (Fsp3) is 0.500. The van der Waals surface area contributed by atoms with Gasteiger partial charge in [-0.25, -0.2) is 0 Å². The molecule has 0 aromatic carbocycles. The van der Waals surface area contributed by atoms with Crippen molar-refractivity contribution in [2.45, 2.75) is 26.7 Å². The molecule has 0 N–H and O–H groups in total. The molecule has 0 fully saturated rings. The average molecular weight is 206 g/mol. The first-order chi connectivity index (χ1) is 7.11. The first kappa shape index (κ1) is 10.1. The Labute approximate surface area is 88.5 Å². The van der Waals surface area contributed by atoms with Crippen LogP contribution in [0.3, 0.4) is 0 Å². The lowest BCUT2D eigenvalue weighted by molar-refractivity contribution is -0.124. The van der Waals surface area contributed by atoms with Gasteiger partial charge < -0.3 is 4.42 Å². The Kier molecular flexibility index (Phi) is 2.47. The summed E-state index contributed by atoms with van der Waals surface area (Å²) in [6.07, 6.45) is 2.80. The molecule has 15 heavy (non-hydrogen) atoms. The summed E-state index contributed by atoms with van der Waals surface area (Å²) < 4.78 is 5.18. The maximum atomic E-state index is 11.9. The monoisotopic (exact) mass is 206 g/mol. The summed E-state index contributed by atoms with van der Waals surface area (Å²) >= 11 is 0. The Morgan fingerprint density at radius 2 is 2.27 bits per heavy atom. The van der Waals surface area contributed by atoms with Crippen molar-refractivity contribution in [1.29, 1.82) is 0 Å². The Bertz CT molecular complexity index is 401. The van der Waals surface area contributed by atoms with Crippen LogP contribution >= 0.6 is 0 Å². The molecular weight excluding hydrogens is 192 g/mol. The van der Waals surface area contributed by atoms with Crippen molar-refractivity contribution in [3.05, 3.63) is 23.7 Å². The highest BCUT2D eigenvalue weighted by Gasteiger charge is 2.34. The van der Waals surface area contributed by atoms with E-state index < -0.39 is 5.92 Å². The van der Waals surface area contributed by atoms with E-state index in [0.717, 1.165) is 5.76 Å². The smallest absolute Gasteiger partial charge is 0.176 e. The molecule has 3 heteroatoms. The summed E-state index contributed by atoms with van der Waals surface area (Å²) in [7, 11) is 0. The number of furan rings is 1. The van der Waals surface area contributed by atoms with Crippen LogP contribution in [0, 0.1) is 11.8 Å². The van der Waals surface area contributed by atoms with Crippen molar-refractivity contribution in [3.63, 3.8) is 0 Å². The molecule has 0 saturated heterocycles. The number of rotatable bonds is 2. The van der Waals surface area contributed by atoms with Gasteiger partial charge in [0.1, 0.15) is 11.5 Å². The van der Waals surface area contributed by atoms with E-state index in [1.54, 1.807) is 6.07 Å². The van der Waals surface area contributed by atoms with Crippen LogP contribution in [0.2, 0.25) is 0 Å². The molecule has 0 bridgehead atoms. The third kappa shape index (κ3) is 1.62. The molecule has 2 rings (SSSR count). The van der Waals surface area contributed by atoms with Gasteiger partial charge in [0.25, 0.3) is 0 Å². The number of carbonyl (C=O) groups excluding carboxylic acids is 2. The van der Waals surface area contributed by atoms with Crippen LogP contribution in [0.4, 0.5) is 0 Å². The molecule has 80 valence electrons. The predicted octanol–water partition coefficient (Wildman–Crippen LogP) is 2.25. The Balaban J connectivity index is 2.27. The maximum absolute atomic E-state index is 11.9. The zero-order valence-corrected chi connectivity index (χ0v) is 8.95. The minimum atomic E-state index is -0.449. The largest absolute Gasteiger partial charge is 0.469 e. The van der Waals surface area contributed by atoms with Crippen LogP contribution in [0.15, 0.2) is 16.7 Å². The number of hydrogen-bond donors (Lipinski definition) is 0. The van der Waals surface area contributed by atoms with Gasteiger partial charge in [0.05, 0.1) is 17.7 Å². The minimum absolute atomic E-state index is 0.0480. The lowest BCUT2D eigenvalue weighted by atomic mass is 9.81. The van der Waals surface area contributed by atoms with E-state index >= 15 is 0 Å². The van der Waals surface area contributed by atoms with Crippen LogP contribution in [0.5, 0.6) is 0 Å². The van der Waals surface area contributed by atoms with Gasteiger partial charge in [0.15, 0.2) is 5.78 Å². The quantitative estimate of drug-likeness (QED) is 0.697. The number of Topliss-reactive ketones (excluding diaryl/α,β-unsaturated/α-hetero) is 2. The zero-order chi connectivity index (χ0) is 11.0. The van der Waals surface area contributed by atoms with Gasteiger partial charge >= 0.3 is 0 Å². The van der Waals surface area contributed by atoms with E-state index in [1.165, 1.54) is 6.26 Å². The SMILES string of the molecule is CC(C)C(=O)C1CCc2occc2C1=O. The van der Waals surface area contributed by atoms with Crippen molar-refractivity contribution in [2.75, 3.05) is 0 Å². The minimum Gasteiger partial charge on any atom is -0.469 e. The van der Waals surface area contributed by atoms with Gasteiger partial charge in [0, 0.05) is 12.3 Å². The summed E-state index contributed by atoms with van der Waals surface area (Å²) in [6, 6.07) is 1.66. The topological polar surface area (TPSA) is 47.3 Å². The molecule has 1 aromatic heterocycles. The number of fused-ring (bicyclic) bond motifs is 1. The van der Waals surface area contributed by atoms with Crippen molar-refractivity contribution in [1.82, 2.24) is 0 Å². The molecule has 0 amide bonds. The highest BCUT2D eigenvalue weighted by Crippen LogP contribution is 2.28. The second-order valence-corrected chi connectivity index (χ2v) is 4.27. The third-order valence-corrected chi connectivity index (χ3v) is 2.90. The van der Waals surface area contributed by atoms with Crippen LogP contribution in [0.25, 0.3) is 0 Å². The van der Waals surface area contributed by atoms with Gasteiger partial charge in [-0.1, -0.05) is 13.8 Å². The fourth-order valence-corrected chi connectivity index (χ4v) is 2.02. The molecule has 1 atom stereocenters. The van der Waals surface area contributed by atoms with Gasteiger partial charge in [0.2, 0.25) is 0 Å². The molecule has 0 radical (unpaired) electrons. The van der Waals surface area contributed by atoms with Crippen molar-refractivity contribution in [3.8, 4) is 0 Å². The van der Waals surface area contributed by atoms with Gasteiger partial charge in [-0.15, -0.1) is 0 Å². The molecule has 0 saturated carbocycles. The summed E-state index contributed by atoms with van der Waals surface area (Å²) in [5, 5.41) is 0. The van der Waals surface area contributed by atoms with E-state index in [4.69, 9.17) is 4.42 Å². The first-order valence-corrected chi connectivity index (χ1v) is 5.25. The molecule has 0 spiro atoms. The summed E-state index contributed by atoms with van der Waals surface area (Å²) in [4.78, 5) is 23.7. The van der Waals surface area contributed by atoms with Crippen molar-refractivity contribution in [2.24, 2.45) is 11.8 Å². The molecule has 1 heterocycles. The number of ketones is 2. The average Bonchev–Trinajstić information content (AvgIpc) is 2.66. The van der Waals surface area contributed by atoms with E-state index in [1.807, 2.05) is 13.8 Å². The number of carbonyl (C=O) groups is 2. The summed E-state index contributed by atoms with van der Waals surface area (Å²) in [5.74, 6) is 0.186. The van der Waals surface area contributed by atoms with E-state index in [2.05, 4.69) is 0 Å². The second-order valence-electron chi connectivity index (χ2n) is 4.27. The van der Waals surface area contributed by atoms with Crippen molar-refractivity contribution < 1.29 is 14.0 Å². The molecule has 1 aliphatic rings. The van der Waals surface area contributed by atoms with Gasteiger partial charge in [-0.05, 0) is 12.5 Å². The number of hydrogen-bond acceptors (Lipinski definition) is 3. The van der Waals surface area contributed by atoms with E-state index in [9.17, 15) is 9.59 Å². The first-order valence-electron chi connectivity index (χ1n) is 5.25. The van der Waals surface area contributed by atoms with Gasteiger partial charge in [-0.2, -0.15) is 0 Å². The van der Waals surface area contributed by atoms with Crippen LogP contribution < -0.4 is 0 Å². The van der Waals surface area contributed by atoms with Crippen molar-refractivity contribution >= 4 is 11.6 Å². The fourth-order valence-electron chi connectivity index (χ4n) is 2.02. The Morgan fingerprint density at radius 1 is 1.53 bits per heavy atom. The van der Waals surface area contributed by atoms with E-state index in [0.29, 0.717) is 18.4 Å². The third-order valence-electron chi connectivity index (χ3n) is 2.90. The number of aryl methyl sites for hydroxylation is 1. The lowest BCUT2D eigenvalue weighted by Crippen LogP contribution is -2.31. The zero-order valence-electron chi connectivity index (χ0n) is 8.95. The van der Waals surface area contributed by atoms with Gasteiger partial charge in [-0.3, -0.25) is 9.59 Å². The van der Waals surface area contributed by atoms with Crippen LogP contribution in [-0.2, 0) is 11.2 Å². The molecular formula is C12H14O3. The standard InChI is InChI=1S/C12H14O3/c1-7(2)11(13)9-3-4-10-8(12(9)14)5-6-15-10/h5-7,9H,3-4H2,1-2H3. The Hall–Kier alpha value is -1.38. The highest BCUT2D eigenvalue weighted by atomic mass is 16.3. The summed E-state index contributed by atoms with van der Waals surface area (Å²) in [6.45, 7) is 3.67.